The Morgan fingerprint density at radius 3 is 2.73 bits per heavy atom. The van der Waals surface area contributed by atoms with Gasteiger partial charge in [0.05, 0.1) is 0 Å². The molecule has 88 valence electrons. The first-order valence-electron chi connectivity index (χ1n) is 6.77. The first-order valence-corrected chi connectivity index (χ1v) is 6.77. The average molecular weight is 210 g/mol. The molecule has 1 saturated carbocycles. The molecule has 1 saturated heterocycles. The van der Waals surface area contributed by atoms with Gasteiger partial charge in [-0.05, 0) is 58.0 Å². The van der Waals surface area contributed by atoms with Crippen molar-refractivity contribution in [2.24, 2.45) is 11.7 Å². The Balaban J connectivity index is 1.90. The van der Waals surface area contributed by atoms with Crippen LogP contribution in [0.3, 0.4) is 0 Å². The Morgan fingerprint density at radius 1 is 1.13 bits per heavy atom. The highest BCUT2D eigenvalue weighted by atomic mass is 15.2. The van der Waals surface area contributed by atoms with Gasteiger partial charge in [0.25, 0.3) is 0 Å². The average Bonchev–Trinajstić information content (AvgIpc) is 2.62. The second kappa shape index (κ2) is 5.31. The van der Waals surface area contributed by atoms with Crippen molar-refractivity contribution in [3.63, 3.8) is 0 Å². The van der Waals surface area contributed by atoms with Gasteiger partial charge in [-0.1, -0.05) is 12.8 Å². The summed E-state index contributed by atoms with van der Waals surface area (Å²) in [7, 11) is 0. The number of nitrogens with zero attached hydrogens (tertiary/aromatic N) is 1. The van der Waals surface area contributed by atoms with Crippen molar-refractivity contribution in [1.82, 2.24) is 4.90 Å². The minimum Gasteiger partial charge on any atom is -0.330 e. The van der Waals surface area contributed by atoms with Gasteiger partial charge in [-0.25, -0.2) is 0 Å². The predicted octanol–water partition coefficient (Wildman–Crippen LogP) is 2.38. The van der Waals surface area contributed by atoms with Crippen molar-refractivity contribution in [3.05, 3.63) is 0 Å². The molecule has 15 heavy (non-hydrogen) atoms. The van der Waals surface area contributed by atoms with E-state index in [1.165, 1.54) is 51.5 Å². The molecule has 0 spiro atoms. The zero-order valence-corrected chi connectivity index (χ0v) is 10.1. The number of rotatable bonds is 2. The van der Waals surface area contributed by atoms with Crippen LogP contribution in [0.1, 0.15) is 51.9 Å². The van der Waals surface area contributed by atoms with Crippen molar-refractivity contribution in [3.8, 4) is 0 Å². The summed E-state index contributed by atoms with van der Waals surface area (Å²) in [6, 6.07) is 1.67. The molecule has 2 aliphatic rings. The van der Waals surface area contributed by atoms with Gasteiger partial charge in [0.1, 0.15) is 0 Å². The largest absolute Gasteiger partial charge is 0.330 e. The maximum atomic E-state index is 5.77. The maximum Gasteiger partial charge on any atom is 0.0101 e. The molecule has 0 aromatic rings. The maximum absolute atomic E-state index is 5.77. The monoisotopic (exact) mass is 210 g/mol. The fourth-order valence-corrected chi connectivity index (χ4v) is 3.40. The van der Waals surface area contributed by atoms with Crippen LogP contribution in [0, 0.1) is 5.92 Å². The Kier molecular flexibility index (Phi) is 4.04. The van der Waals surface area contributed by atoms with Crippen LogP contribution in [0.4, 0.5) is 0 Å². The van der Waals surface area contributed by atoms with E-state index in [1.807, 2.05) is 0 Å². The van der Waals surface area contributed by atoms with Gasteiger partial charge in [0.15, 0.2) is 0 Å². The molecule has 0 radical (unpaired) electrons. The molecule has 1 aliphatic carbocycles. The Bertz CT molecular complexity index is 193. The van der Waals surface area contributed by atoms with Crippen molar-refractivity contribution < 1.29 is 0 Å². The molecule has 1 heterocycles. The summed E-state index contributed by atoms with van der Waals surface area (Å²) in [5.74, 6) is 0.811. The lowest BCUT2D eigenvalue weighted by Crippen LogP contribution is -2.40. The number of hydrogen-bond acceptors (Lipinski definition) is 2. The van der Waals surface area contributed by atoms with Gasteiger partial charge in [-0.3, -0.25) is 4.90 Å². The van der Waals surface area contributed by atoms with E-state index in [1.54, 1.807) is 0 Å². The lowest BCUT2D eigenvalue weighted by molar-refractivity contribution is 0.146. The van der Waals surface area contributed by atoms with Crippen LogP contribution in [0.5, 0.6) is 0 Å². The molecule has 0 aromatic heterocycles. The van der Waals surface area contributed by atoms with Gasteiger partial charge in [0, 0.05) is 12.1 Å². The molecule has 3 atom stereocenters. The van der Waals surface area contributed by atoms with Gasteiger partial charge in [0.2, 0.25) is 0 Å². The fourth-order valence-electron chi connectivity index (χ4n) is 3.40. The van der Waals surface area contributed by atoms with Crippen molar-refractivity contribution in [2.75, 3.05) is 13.1 Å². The second-order valence-electron chi connectivity index (χ2n) is 5.50. The molecule has 2 rings (SSSR count). The van der Waals surface area contributed by atoms with Crippen molar-refractivity contribution in [2.45, 2.75) is 64.0 Å². The molecule has 0 aromatic carbocycles. The van der Waals surface area contributed by atoms with Crippen LogP contribution < -0.4 is 5.73 Å². The highest BCUT2D eigenvalue weighted by Crippen LogP contribution is 2.31. The zero-order chi connectivity index (χ0) is 10.7. The molecule has 2 heteroatoms. The number of hydrogen-bond donors (Lipinski definition) is 1. The standard InChI is InChI=1S/C13H26N2/c1-11-5-3-2-4-8-15(11)13-7-6-12(9-13)10-14/h11-13H,2-10,14H2,1H3. The predicted molar refractivity (Wildman–Crippen MR) is 64.8 cm³/mol. The van der Waals surface area contributed by atoms with E-state index in [0.29, 0.717) is 0 Å². The molecule has 2 N–H and O–H groups in total. The molecule has 2 nitrogen and oxygen atoms in total. The summed E-state index contributed by atoms with van der Waals surface area (Å²) in [5.41, 5.74) is 5.77. The van der Waals surface area contributed by atoms with Crippen LogP contribution in [0.2, 0.25) is 0 Å². The minimum absolute atomic E-state index is 0.811. The molecular formula is C13H26N2. The Morgan fingerprint density at radius 2 is 2.00 bits per heavy atom. The molecule has 3 unspecified atom stereocenters. The van der Waals surface area contributed by atoms with E-state index in [2.05, 4.69) is 11.8 Å². The quantitative estimate of drug-likeness (QED) is 0.758. The van der Waals surface area contributed by atoms with Crippen LogP contribution in [0.15, 0.2) is 0 Å². The lowest BCUT2D eigenvalue weighted by atomic mass is 10.1. The third kappa shape index (κ3) is 2.73. The first-order chi connectivity index (χ1) is 7.31. The number of likely N-dealkylation sites (tertiary alicyclic amines) is 1. The second-order valence-corrected chi connectivity index (χ2v) is 5.50. The van der Waals surface area contributed by atoms with Gasteiger partial charge >= 0.3 is 0 Å². The van der Waals surface area contributed by atoms with Gasteiger partial charge in [-0.2, -0.15) is 0 Å². The van der Waals surface area contributed by atoms with E-state index < -0.39 is 0 Å². The molecule has 2 fully saturated rings. The molecule has 0 amide bonds. The summed E-state index contributed by atoms with van der Waals surface area (Å²) in [6.07, 6.45) is 9.81. The zero-order valence-electron chi connectivity index (χ0n) is 10.1. The van der Waals surface area contributed by atoms with Crippen LogP contribution in [-0.2, 0) is 0 Å². The topological polar surface area (TPSA) is 29.3 Å². The van der Waals surface area contributed by atoms with Crippen molar-refractivity contribution in [1.29, 1.82) is 0 Å². The Labute approximate surface area is 94.2 Å². The van der Waals surface area contributed by atoms with Gasteiger partial charge < -0.3 is 5.73 Å². The lowest BCUT2D eigenvalue weighted by Gasteiger charge is -2.33. The smallest absolute Gasteiger partial charge is 0.0101 e. The highest BCUT2D eigenvalue weighted by Gasteiger charge is 2.31. The molecule has 1 aliphatic heterocycles. The SMILES string of the molecule is CC1CCCCCN1C1CCC(CN)C1. The van der Waals surface area contributed by atoms with E-state index in [-0.39, 0.29) is 0 Å². The van der Waals surface area contributed by atoms with E-state index >= 15 is 0 Å². The summed E-state index contributed by atoms with van der Waals surface area (Å²) in [4.78, 5) is 2.78. The summed E-state index contributed by atoms with van der Waals surface area (Å²) in [6.45, 7) is 4.66. The third-order valence-electron chi connectivity index (χ3n) is 4.42. The van der Waals surface area contributed by atoms with E-state index in [9.17, 15) is 0 Å². The number of nitrogens with two attached hydrogens (primary N) is 1. The fraction of sp³-hybridized carbons (Fsp3) is 1.00. The first kappa shape index (κ1) is 11.4. The Hall–Kier alpha value is -0.0800. The normalized spacial score (nSPS) is 39.2. The van der Waals surface area contributed by atoms with Crippen LogP contribution in [-0.4, -0.2) is 30.1 Å². The summed E-state index contributed by atoms with van der Waals surface area (Å²) in [5, 5.41) is 0. The third-order valence-corrected chi connectivity index (χ3v) is 4.42. The van der Waals surface area contributed by atoms with Crippen LogP contribution >= 0.6 is 0 Å². The van der Waals surface area contributed by atoms with E-state index in [0.717, 1.165) is 24.5 Å². The van der Waals surface area contributed by atoms with Crippen molar-refractivity contribution >= 4 is 0 Å². The highest BCUT2D eigenvalue weighted by molar-refractivity contribution is 4.86. The summed E-state index contributed by atoms with van der Waals surface area (Å²) < 4.78 is 0. The van der Waals surface area contributed by atoms with E-state index in [4.69, 9.17) is 5.73 Å². The molecular weight excluding hydrogens is 184 g/mol. The van der Waals surface area contributed by atoms with Crippen LogP contribution in [0.25, 0.3) is 0 Å². The van der Waals surface area contributed by atoms with Gasteiger partial charge in [-0.15, -0.1) is 0 Å². The minimum atomic E-state index is 0.811. The molecule has 0 bridgehead atoms. The summed E-state index contributed by atoms with van der Waals surface area (Å²) >= 11 is 0.